The summed E-state index contributed by atoms with van der Waals surface area (Å²) in [4.78, 5) is 9.04. The summed E-state index contributed by atoms with van der Waals surface area (Å²) in [6, 6.07) is 23.3. The minimum absolute atomic E-state index is 0.457. The van der Waals surface area contributed by atoms with Crippen LogP contribution in [0.3, 0.4) is 0 Å². The molecule has 0 radical (unpaired) electrons. The van der Waals surface area contributed by atoms with Crippen LogP contribution in [-0.4, -0.2) is 30.7 Å². The molecule has 0 N–H and O–H groups in total. The molecule has 1 atom stereocenters. The molecule has 1 unspecified atom stereocenters. The average molecular weight is 359 g/mol. The van der Waals surface area contributed by atoms with Crippen LogP contribution in [-0.2, 0) is 6.61 Å². The highest BCUT2D eigenvalue weighted by Crippen LogP contribution is 2.24. The van der Waals surface area contributed by atoms with E-state index in [0.29, 0.717) is 12.6 Å². The van der Waals surface area contributed by atoms with Crippen LogP contribution < -0.4 is 14.5 Å². The van der Waals surface area contributed by atoms with Gasteiger partial charge in [0.2, 0.25) is 0 Å². The summed E-state index contributed by atoms with van der Waals surface area (Å²) in [5, 5.41) is 0. The van der Waals surface area contributed by atoms with E-state index >= 15 is 0 Å². The van der Waals surface area contributed by atoms with Gasteiger partial charge in [-0.25, -0.2) is 0 Å². The van der Waals surface area contributed by atoms with Crippen LogP contribution in [0.15, 0.2) is 79.1 Å². The SMILES string of the molecule is CC1CN(c2ccncc2)CCN1c1ccc(COc2ccccc2)cc1. The maximum Gasteiger partial charge on any atom is 0.119 e. The Labute approximate surface area is 161 Å². The van der Waals surface area contributed by atoms with Gasteiger partial charge in [-0.3, -0.25) is 4.98 Å². The van der Waals surface area contributed by atoms with Gasteiger partial charge in [0.05, 0.1) is 0 Å². The number of anilines is 2. The third-order valence-corrected chi connectivity index (χ3v) is 5.07. The molecule has 0 bridgehead atoms. The maximum absolute atomic E-state index is 5.84. The normalized spacial score (nSPS) is 17.0. The number of benzene rings is 2. The molecule has 1 aliphatic heterocycles. The molecule has 4 nitrogen and oxygen atoms in total. The van der Waals surface area contributed by atoms with Crippen molar-refractivity contribution in [2.75, 3.05) is 29.4 Å². The van der Waals surface area contributed by atoms with Crippen LogP contribution in [0.2, 0.25) is 0 Å². The van der Waals surface area contributed by atoms with Gasteiger partial charge >= 0.3 is 0 Å². The first-order valence-electron chi connectivity index (χ1n) is 9.48. The standard InChI is InChI=1S/C23H25N3O/c1-19-17-25(21-11-13-24-14-12-21)15-16-26(19)22-9-7-20(8-10-22)18-27-23-5-3-2-4-6-23/h2-14,19H,15-18H2,1H3. The van der Waals surface area contributed by atoms with Crippen LogP contribution in [0.4, 0.5) is 11.4 Å². The monoisotopic (exact) mass is 359 g/mol. The fourth-order valence-electron chi connectivity index (χ4n) is 3.60. The molecule has 0 spiro atoms. The molecule has 1 saturated heterocycles. The zero-order valence-corrected chi connectivity index (χ0v) is 15.7. The maximum atomic E-state index is 5.84. The quantitative estimate of drug-likeness (QED) is 0.676. The minimum atomic E-state index is 0.457. The molecule has 138 valence electrons. The van der Waals surface area contributed by atoms with E-state index in [-0.39, 0.29) is 0 Å². The molecular formula is C23H25N3O. The summed E-state index contributed by atoms with van der Waals surface area (Å²) in [5.41, 5.74) is 3.72. The highest BCUT2D eigenvalue weighted by atomic mass is 16.5. The average Bonchev–Trinajstić information content (AvgIpc) is 2.74. The summed E-state index contributed by atoms with van der Waals surface area (Å²) < 4.78 is 5.84. The van der Waals surface area contributed by atoms with Crippen LogP contribution in [0.5, 0.6) is 5.75 Å². The van der Waals surface area contributed by atoms with Crippen molar-refractivity contribution < 1.29 is 4.74 Å². The molecule has 1 fully saturated rings. The van der Waals surface area contributed by atoms with Gasteiger partial charge in [0, 0.05) is 49.4 Å². The van der Waals surface area contributed by atoms with Crippen molar-refractivity contribution >= 4 is 11.4 Å². The fraction of sp³-hybridized carbons (Fsp3) is 0.261. The van der Waals surface area contributed by atoms with Gasteiger partial charge in [0.1, 0.15) is 12.4 Å². The predicted octanol–water partition coefficient (Wildman–Crippen LogP) is 4.38. The molecule has 0 aliphatic carbocycles. The summed E-state index contributed by atoms with van der Waals surface area (Å²) in [6.45, 7) is 5.94. The first-order chi connectivity index (χ1) is 13.3. The van der Waals surface area contributed by atoms with Crippen molar-refractivity contribution in [2.24, 2.45) is 0 Å². The lowest BCUT2D eigenvalue weighted by molar-refractivity contribution is 0.306. The van der Waals surface area contributed by atoms with Gasteiger partial charge in [0.25, 0.3) is 0 Å². The molecular weight excluding hydrogens is 334 g/mol. The van der Waals surface area contributed by atoms with Crippen molar-refractivity contribution in [3.8, 4) is 5.75 Å². The lowest BCUT2D eigenvalue weighted by Crippen LogP contribution is -2.52. The molecule has 1 aliphatic rings. The topological polar surface area (TPSA) is 28.6 Å². The summed E-state index contributed by atoms with van der Waals surface area (Å²) in [6.07, 6.45) is 3.73. The number of para-hydroxylation sites is 1. The van der Waals surface area contributed by atoms with E-state index in [1.807, 2.05) is 42.7 Å². The zero-order chi connectivity index (χ0) is 18.5. The number of rotatable bonds is 5. The molecule has 0 saturated carbocycles. The molecule has 4 rings (SSSR count). The van der Waals surface area contributed by atoms with Crippen LogP contribution >= 0.6 is 0 Å². The summed E-state index contributed by atoms with van der Waals surface area (Å²) >= 11 is 0. The molecule has 3 aromatic rings. The minimum Gasteiger partial charge on any atom is -0.489 e. The van der Waals surface area contributed by atoms with Gasteiger partial charge in [-0.1, -0.05) is 30.3 Å². The van der Waals surface area contributed by atoms with E-state index in [0.717, 1.165) is 25.4 Å². The third-order valence-electron chi connectivity index (χ3n) is 5.07. The Balaban J connectivity index is 1.36. The Kier molecular flexibility index (Phi) is 5.24. The Morgan fingerprint density at radius 3 is 2.33 bits per heavy atom. The van der Waals surface area contributed by atoms with Crippen molar-refractivity contribution in [2.45, 2.75) is 19.6 Å². The first kappa shape index (κ1) is 17.4. The summed E-state index contributed by atoms with van der Waals surface area (Å²) in [7, 11) is 0. The Morgan fingerprint density at radius 2 is 1.63 bits per heavy atom. The van der Waals surface area contributed by atoms with Gasteiger partial charge in [-0.2, -0.15) is 0 Å². The molecule has 2 heterocycles. The van der Waals surface area contributed by atoms with E-state index in [9.17, 15) is 0 Å². The number of aromatic nitrogens is 1. The van der Waals surface area contributed by atoms with Crippen LogP contribution in [0, 0.1) is 0 Å². The number of hydrogen-bond acceptors (Lipinski definition) is 4. The molecule has 27 heavy (non-hydrogen) atoms. The number of hydrogen-bond donors (Lipinski definition) is 0. The number of piperazine rings is 1. The van der Waals surface area contributed by atoms with Crippen LogP contribution in [0.25, 0.3) is 0 Å². The predicted molar refractivity (Wildman–Crippen MR) is 110 cm³/mol. The van der Waals surface area contributed by atoms with Gasteiger partial charge in [-0.05, 0) is 48.9 Å². The van der Waals surface area contributed by atoms with E-state index in [4.69, 9.17) is 4.74 Å². The summed E-state index contributed by atoms with van der Waals surface area (Å²) in [5.74, 6) is 0.905. The molecule has 4 heteroatoms. The van der Waals surface area contributed by atoms with Crippen molar-refractivity contribution in [1.82, 2.24) is 4.98 Å². The fourth-order valence-corrected chi connectivity index (χ4v) is 3.60. The highest BCUT2D eigenvalue weighted by Gasteiger charge is 2.24. The molecule has 2 aromatic carbocycles. The molecule has 1 aromatic heterocycles. The van der Waals surface area contributed by atoms with Gasteiger partial charge < -0.3 is 14.5 Å². The Morgan fingerprint density at radius 1 is 0.889 bits per heavy atom. The Hall–Kier alpha value is -3.01. The zero-order valence-electron chi connectivity index (χ0n) is 15.7. The second kappa shape index (κ2) is 8.12. The van der Waals surface area contributed by atoms with E-state index in [1.54, 1.807) is 0 Å². The lowest BCUT2D eigenvalue weighted by Gasteiger charge is -2.42. The number of ether oxygens (including phenoxy) is 1. The van der Waals surface area contributed by atoms with Crippen molar-refractivity contribution in [1.29, 1.82) is 0 Å². The largest absolute Gasteiger partial charge is 0.489 e. The smallest absolute Gasteiger partial charge is 0.119 e. The molecule has 0 amide bonds. The number of pyridine rings is 1. The highest BCUT2D eigenvalue weighted by molar-refractivity contribution is 5.53. The second-order valence-electron chi connectivity index (χ2n) is 6.96. The third kappa shape index (κ3) is 4.22. The van der Waals surface area contributed by atoms with E-state index in [1.165, 1.54) is 16.9 Å². The second-order valence-corrected chi connectivity index (χ2v) is 6.96. The Bertz CT molecular complexity index is 837. The number of nitrogens with zero attached hydrogens (tertiary/aromatic N) is 3. The lowest BCUT2D eigenvalue weighted by atomic mass is 10.1. The first-order valence-corrected chi connectivity index (χ1v) is 9.48. The van der Waals surface area contributed by atoms with Gasteiger partial charge in [-0.15, -0.1) is 0 Å². The van der Waals surface area contributed by atoms with E-state index in [2.05, 4.69) is 58.1 Å². The van der Waals surface area contributed by atoms with E-state index < -0.39 is 0 Å². The van der Waals surface area contributed by atoms with Crippen LogP contribution in [0.1, 0.15) is 12.5 Å². The van der Waals surface area contributed by atoms with Crippen molar-refractivity contribution in [3.05, 3.63) is 84.7 Å². The van der Waals surface area contributed by atoms with Gasteiger partial charge in [0.15, 0.2) is 0 Å². The van der Waals surface area contributed by atoms with Crippen molar-refractivity contribution in [3.63, 3.8) is 0 Å².